The average Bonchev–Trinajstić information content (AvgIpc) is 3.20. The molecule has 5 aliphatic rings. The summed E-state index contributed by atoms with van der Waals surface area (Å²) in [6.45, 7) is 0. The molecule has 2 saturated carbocycles. The number of allylic oxidation sites excluding steroid dienone is 2. The monoisotopic (exact) mass is 343 g/mol. The van der Waals surface area contributed by atoms with E-state index in [1.54, 1.807) is 6.07 Å². The minimum absolute atomic E-state index is 0.00604. The molecule has 1 aromatic rings. The van der Waals surface area contributed by atoms with Gasteiger partial charge in [0.15, 0.2) is 0 Å². The fourth-order valence-electron chi connectivity index (χ4n) is 4.68. The molecule has 1 aromatic heterocycles. The second kappa shape index (κ2) is 4.60. The van der Waals surface area contributed by atoms with Gasteiger partial charge in [-0.3, -0.25) is 19.7 Å². The molecular formula is C16H13N3O4S. The van der Waals surface area contributed by atoms with Crippen LogP contribution >= 0.6 is 11.3 Å². The van der Waals surface area contributed by atoms with Crippen LogP contribution in [-0.4, -0.2) is 28.0 Å². The van der Waals surface area contributed by atoms with E-state index in [-0.39, 0.29) is 40.5 Å². The Morgan fingerprint density at radius 1 is 1.17 bits per heavy atom. The van der Waals surface area contributed by atoms with Crippen LogP contribution in [0.1, 0.15) is 11.3 Å². The van der Waals surface area contributed by atoms with Crippen LogP contribution in [0.25, 0.3) is 0 Å². The quantitative estimate of drug-likeness (QED) is 0.276. The number of nitrogens with zero attached hydrogens (tertiary/aromatic N) is 3. The normalized spacial score (nSPS) is 38.8. The Morgan fingerprint density at radius 3 is 2.33 bits per heavy atom. The van der Waals surface area contributed by atoms with Crippen LogP contribution in [0.4, 0.5) is 5.00 Å². The Balaban J connectivity index is 1.42. The highest BCUT2D eigenvalue weighted by atomic mass is 32.1. The summed E-state index contributed by atoms with van der Waals surface area (Å²) in [4.78, 5) is 36.2. The maximum Gasteiger partial charge on any atom is 0.324 e. The molecule has 0 N–H and O–H groups in total. The zero-order valence-corrected chi connectivity index (χ0v) is 13.3. The molecule has 2 bridgehead atoms. The Kier molecular flexibility index (Phi) is 2.69. The van der Waals surface area contributed by atoms with Crippen molar-refractivity contribution in [3.05, 3.63) is 39.3 Å². The van der Waals surface area contributed by atoms with E-state index < -0.39 is 4.92 Å². The predicted octanol–water partition coefficient (Wildman–Crippen LogP) is 2.04. The van der Waals surface area contributed by atoms with Crippen molar-refractivity contribution in [2.24, 2.45) is 40.6 Å². The fourth-order valence-corrected chi connectivity index (χ4v) is 5.37. The van der Waals surface area contributed by atoms with Crippen LogP contribution in [-0.2, 0) is 9.59 Å². The molecule has 2 heterocycles. The van der Waals surface area contributed by atoms with Crippen molar-refractivity contribution in [1.82, 2.24) is 5.01 Å². The molecule has 7 nitrogen and oxygen atoms in total. The standard InChI is InChI=1S/C16H13N3O4S/c20-15-13-8-2-3-9(11-5-10(8)11)14(13)16(21)18(15)17-6-7-1-4-12(24-7)19(22)23/h1-4,6,8-11,13-14H,5H2/b17-6-/t8-,9-,10-,11+,13-,14+/m0/s1. The SMILES string of the molecule is O=C1[C@@H]2[C@H]3C=C[C@@H]([C@@H]4C[C@H]34)[C@@H]2C(=O)N1/N=C\c1ccc([N+](=O)[O-])s1. The van der Waals surface area contributed by atoms with Crippen molar-refractivity contribution in [1.29, 1.82) is 0 Å². The minimum Gasteiger partial charge on any atom is -0.272 e. The van der Waals surface area contributed by atoms with Gasteiger partial charge in [0.2, 0.25) is 0 Å². The second-order valence-corrected chi connectivity index (χ2v) is 7.91. The van der Waals surface area contributed by atoms with E-state index in [0.29, 0.717) is 16.7 Å². The molecule has 0 unspecified atom stereocenters. The summed E-state index contributed by atoms with van der Waals surface area (Å²) >= 11 is 0.963. The van der Waals surface area contributed by atoms with Crippen molar-refractivity contribution in [2.45, 2.75) is 6.42 Å². The molecule has 2 amide bonds. The third-order valence-corrected chi connectivity index (χ3v) is 6.70. The number of rotatable bonds is 3. The van der Waals surface area contributed by atoms with Crippen molar-refractivity contribution >= 4 is 34.4 Å². The summed E-state index contributed by atoms with van der Waals surface area (Å²) in [6, 6.07) is 2.95. The van der Waals surface area contributed by atoms with E-state index in [1.165, 1.54) is 12.3 Å². The fraction of sp³-hybridized carbons (Fsp3) is 0.438. The van der Waals surface area contributed by atoms with Gasteiger partial charge in [0.25, 0.3) is 11.8 Å². The molecule has 122 valence electrons. The van der Waals surface area contributed by atoms with Crippen molar-refractivity contribution in [3.63, 3.8) is 0 Å². The van der Waals surface area contributed by atoms with Crippen molar-refractivity contribution < 1.29 is 14.5 Å². The van der Waals surface area contributed by atoms with Gasteiger partial charge in [-0.05, 0) is 36.2 Å². The molecule has 0 spiro atoms. The summed E-state index contributed by atoms with van der Waals surface area (Å²) in [6.07, 6.45) is 6.71. The topological polar surface area (TPSA) is 92.9 Å². The number of carbonyl (C=O) groups excluding carboxylic acids is 2. The Labute approximate surface area is 140 Å². The van der Waals surface area contributed by atoms with E-state index in [2.05, 4.69) is 17.3 Å². The number of hydrogen-bond donors (Lipinski definition) is 0. The number of nitro groups is 1. The molecule has 8 heteroatoms. The maximum absolute atomic E-state index is 12.7. The van der Waals surface area contributed by atoms with E-state index in [1.807, 2.05) is 0 Å². The highest BCUT2D eigenvalue weighted by Crippen LogP contribution is 2.65. The number of amides is 2. The van der Waals surface area contributed by atoms with Gasteiger partial charge in [0.05, 0.1) is 27.9 Å². The lowest BCUT2D eigenvalue weighted by Gasteiger charge is -2.37. The highest BCUT2D eigenvalue weighted by molar-refractivity contribution is 7.16. The molecule has 0 aromatic carbocycles. The molecule has 1 saturated heterocycles. The maximum atomic E-state index is 12.7. The first-order valence-corrected chi connectivity index (χ1v) is 8.72. The minimum atomic E-state index is -0.474. The molecule has 3 fully saturated rings. The van der Waals surface area contributed by atoms with Crippen LogP contribution < -0.4 is 0 Å². The molecule has 4 aliphatic carbocycles. The van der Waals surface area contributed by atoms with Gasteiger partial charge in [-0.25, -0.2) is 0 Å². The van der Waals surface area contributed by atoms with Gasteiger partial charge in [0, 0.05) is 6.07 Å². The number of imide groups is 1. The van der Waals surface area contributed by atoms with Crippen molar-refractivity contribution in [3.8, 4) is 0 Å². The highest BCUT2D eigenvalue weighted by Gasteiger charge is 2.67. The lowest BCUT2D eigenvalue weighted by Crippen LogP contribution is -2.40. The van der Waals surface area contributed by atoms with E-state index in [0.717, 1.165) is 22.8 Å². The van der Waals surface area contributed by atoms with Crippen LogP contribution in [0, 0.1) is 45.6 Å². The van der Waals surface area contributed by atoms with Gasteiger partial charge < -0.3 is 0 Å². The molecular weight excluding hydrogens is 330 g/mol. The number of thiophene rings is 1. The predicted molar refractivity (Wildman–Crippen MR) is 85.1 cm³/mol. The zero-order valence-electron chi connectivity index (χ0n) is 12.4. The lowest BCUT2D eigenvalue weighted by molar-refractivity contribution is -0.380. The zero-order chi connectivity index (χ0) is 16.6. The van der Waals surface area contributed by atoms with Crippen LogP contribution in [0.15, 0.2) is 29.4 Å². The van der Waals surface area contributed by atoms with Crippen LogP contribution in [0.5, 0.6) is 0 Å². The lowest BCUT2D eigenvalue weighted by atomic mass is 9.63. The van der Waals surface area contributed by atoms with E-state index in [9.17, 15) is 19.7 Å². The number of hydrogen-bond acceptors (Lipinski definition) is 6. The summed E-state index contributed by atoms with van der Waals surface area (Å²) in [5, 5.41) is 15.8. The first kappa shape index (κ1) is 14.0. The second-order valence-electron chi connectivity index (χ2n) is 6.82. The van der Waals surface area contributed by atoms with Crippen LogP contribution in [0.2, 0.25) is 0 Å². The van der Waals surface area contributed by atoms with Gasteiger partial charge in [0.1, 0.15) is 0 Å². The smallest absolute Gasteiger partial charge is 0.272 e. The van der Waals surface area contributed by atoms with Crippen LogP contribution in [0.3, 0.4) is 0 Å². The molecule has 6 atom stereocenters. The van der Waals surface area contributed by atoms with Crippen molar-refractivity contribution in [2.75, 3.05) is 0 Å². The molecule has 1 aliphatic heterocycles. The van der Waals surface area contributed by atoms with E-state index >= 15 is 0 Å². The first-order chi connectivity index (χ1) is 11.6. The summed E-state index contributed by atoms with van der Waals surface area (Å²) in [7, 11) is 0. The van der Waals surface area contributed by atoms with Gasteiger partial charge in [-0.2, -0.15) is 10.1 Å². The largest absolute Gasteiger partial charge is 0.324 e. The molecule has 24 heavy (non-hydrogen) atoms. The number of hydrazone groups is 1. The Morgan fingerprint density at radius 2 is 1.79 bits per heavy atom. The summed E-state index contributed by atoms with van der Waals surface area (Å²) in [5.41, 5.74) is 0. The Hall–Kier alpha value is -2.35. The molecule has 0 radical (unpaired) electrons. The third-order valence-electron chi connectivity index (χ3n) is 5.73. The average molecular weight is 343 g/mol. The molecule has 6 rings (SSSR count). The number of carbonyl (C=O) groups is 2. The Bertz CT molecular complexity index is 808. The van der Waals surface area contributed by atoms with Gasteiger partial charge >= 0.3 is 5.00 Å². The van der Waals surface area contributed by atoms with Gasteiger partial charge in [-0.1, -0.05) is 23.5 Å². The summed E-state index contributed by atoms with van der Waals surface area (Å²) < 4.78 is 0. The van der Waals surface area contributed by atoms with Gasteiger partial charge in [-0.15, -0.1) is 0 Å². The third kappa shape index (κ3) is 1.74. The van der Waals surface area contributed by atoms with E-state index in [4.69, 9.17) is 0 Å². The summed E-state index contributed by atoms with van der Waals surface area (Å²) in [5.74, 6) is 0.462. The first-order valence-electron chi connectivity index (χ1n) is 7.90.